The zero-order chi connectivity index (χ0) is 28.6. The van der Waals surface area contributed by atoms with Crippen molar-refractivity contribution in [1.29, 1.82) is 0 Å². The smallest absolute Gasteiger partial charge is 0.314 e. The van der Waals surface area contributed by atoms with Crippen LogP contribution in [0.15, 0.2) is 24.3 Å². The van der Waals surface area contributed by atoms with Crippen LogP contribution in [0.4, 0.5) is 17.6 Å². The summed E-state index contributed by atoms with van der Waals surface area (Å²) in [7, 11) is 0. The fourth-order valence-corrected chi connectivity index (χ4v) is 5.90. The Morgan fingerprint density at radius 2 is 1.25 bits per heavy atom. The lowest BCUT2D eigenvalue weighted by molar-refractivity contribution is -0.140. The van der Waals surface area contributed by atoms with Gasteiger partial charge in [-0.1, -0.05) is 32.4 Å². The highest BCUT2D eigenvalue weighted by molar-refractivity contribution is 5.75. The summed E-state index contributed by atoms with van der Waals surface area (Å²) in [5.41, 5.74) is 0.767. The van der Waals surface area contributed by atoms with E-state index in [0.29, 0.717) is 43.2 Å². The van der Waals surface area contributed by atoms with Gasteiger partial charge in [0.1, 0.15) is 0 Å². The molecular formula is C32H40F4O4. The quantitative estimate of drug-likeness (QED) is 0.118. The van der Waals surface area contributed by atoms with Gasteiger partial charge in [0.2, 0.25) is 11.6 Å². The van der Waals surface area contributed by atoms with E-state index in [4.69, 9.17) is 14.2 Å². The van der Waals surface area contributed by atoms with Crippen LogP contribution in [0, 0.1) is 29.2 Å². The summed E-state index contributed by atoms with van der Waals surface area (Å²) in [5.74, 6) is -6.16. The van der Waals surface area contributed by atoms with Crippen molar-refractivity contribution >= 4 is 5.97 Å². The summed E-state index contributed by atoms with van der Waals surface area (Å²) in [6, 6.07) is 5.85. The third-order valence-corrected chi connectivity index (χ3v) is 8.29. The molecule has 0 amide bonds. The van der Waals surface area contributed by atoms with Gasteiger partial charge in [0.25, 0.3) is 0 Å². The SMILES string of the molecule is CCCCOc1ccc(OC(=O)C2CCC(c3ccc(C4CCC(OCCC)CC4)c(F)c3F)CC2)c(F)c1F. The van der Waals surface area contributed by atoms with E-state index in [0.717, 1.165) is 45.1 Å². The largest absolute Gasteiger partial charge is 0.490 e. The van der Waals surface area contributed by atoms with E-state index in [1.54, 1.807) is 12.1 Å². The van der Waals surface area contributed by atoms with Crippen LogP contribution in [0.2, 0.25) is 0 Å². The van der Waals surface area contributed by atoms with Crippen molar-refractivity contribution in [2.24, 2.45) is 5.92 Å². The monoisotopic (exact) mass is 564 g/mol. The van der Waals surface area contributed by atoms with Crippen molar-refractivity contribution in [1.82, 2.24) is 0 Å². The Kier molecular flexibility index (Phi) is 10.9. The number of unbranched alkanes of at least 4 members (excludes halogenated alkanes) is 1. The maximum absolute atomic E-state index is 15.2. The van der Waals surface area contributed by atoms with Crippen molar-refractivity contribution in [2.45, 2.75) is 102 Å². The Hall–Kier alpha value is -2.61. The second-order valence-corrected chi connectivity index (χ2v) is 11.1. The zero-order valence-corrected chi connectivity index (χ0v) is 23.5. The Balaban J connectivity index is 1.32. The number of esters is 1. The van der Waals surface area contributed by atoms with Gasteiger partial charge in [-0.05, 0) is 99.3 Å². The summed E-state index contributed by atoms with van der Waals surface area (Å²) >= 11 is 0. The van der Waals surface area contributed by atoms with Gasteiger partial charge in [-0.25, -0.2) is 8.78 Å². The first kappa shape index (κ1) is 30.4. The first-order valence-electron chi connectivity index (χ1n) is 14.8. The highest BCUT2D eigenvalue weighted by atomic mass is 19.2. The molecule has 2 saturated carbocycles. The van der Waals surface area contributed by atoms with Gasteiger partial charge in [0.05, 0.1) is 18.6 Å². The topological polar surface area (TPSA) is 44.8 Å². The lowest BCUT2D eigenvalue weighted by Gasteiger charge is -2.30. The molecule has 0 heterocycles. The van der Waals surface area contributed by atoms with Gasteiger partial charge in [-0.15, -0.1) is 0 Å². The minimum Gasteiger partial charge on any atom is -0.490 e. The molecular weight excluding hydrogens is 524 g/mol. The summed E-state index contributed by atoms with van der Waals surface area (Å²) in [4.78, 5) is 12.7. The molecule has 220 valence electrons. The Morgan fingerprint density at radius 1 is 0.700 bits per heavy atom. The van der Waals surface area contributed by atoms with Crippen LogP contribution < -0.4 is 9.47 Å². The molecule has 0 aliphatic heterocycles. The number of benzene rings is 2. The van der Waals surface area contributed by atoms with Gasteiger partial charge in [0.15, 0.2) is 23.1 Å². The second kappa shape index (κ2) is 14.3. The maximum atomic E-state index is 15.2. The Bertz CT molecular complexity index is 1140. The fraction of sp³-hybridized carbons (Fsp3) is 0.594. The van der Waals surface area contributed by atoms with E-state index in [2.05, 4.69) is 6.92 Å². The maximum Gasteiger partial charge on any atom is 0.314 e. The van der Waals surface area contributed by atoms with E-state index < -0.39 is 40.9 Å². The van der Waals surface area contributed by atoms with E-state index in [-0.39, 0.29) is 30.3 Å². The highest BCUT2D eigenvalue weighted by Crippen LogP contribution is 2.41. The first-order chi connectivity index (χ1) is 19.3. The fourth-order valence-electron chi connectivity index (χ4n) is 5.90. The van der Waals surface area contributed by atoms with Gasteiger partial charge in [-0.3, -0.25) is 4.79 Å². The third kappa shape index (κ3) is 7.17. The van der Waals surface area contributed by atoms with Gasteiger partial charge < -0.3 is 14.2 Å². The number of carbonyl (C=O) groups is 1. The van der Waals surface area contributed by atoms with Crippen molar-refractivity contribution < 1.29 is 36.6 Å². The van der Waals surface area contributed by atoms with Crippen LogP contribution in [0.5, 0.6) is 11.5 Å². The molecule has 0 radical (unpaired) electrons. The lowest BCUT2D eigenvalue weighted by Crippen LogP contribution is -2.26. The van der Waals surface area contributed by atoms with E-state index in [1.807, 2.05) is 6.92 Å². The molecule has 0 unspecified atom stereocenters. The third-order valence-electron chi connectivity index (χ3n) is 8.29. The van der Waals surface area contributed by atoms with Crippen LogP contribution in [0.1, 0.15) is 107 Å². The van der Waals surface area contributed by atoms with E-state index in [9.17, 15) is 13.6 Å². The summed E-state index contributed by atoms with van der Waals surface area (Å²) < 4.78 is 75.5. The van der Waals surface area contributed by atoms with E-state index in [1.165, 1.54) is 12.1 Å². The Morgan fingerprint density at radius 3 is 1.82 bits per heavy atom. The highest BCUT2D eigenvalue weighted by Gasteiger charge is 2.33. The van der Waals surface area contributed by atoms with Crippen LogP contribution in [-0.2, 0) is 9.53 Å². The normalized spacial score (nSPS) is 23.1. The van der Waals surface area contributed by atoms with Gasteiger partial charge in [0, 0.05) is 6.61 Å². The predicted molar refractivity (Wildman–Crippen MR) is 145 cm³/mol. The first-order valence-corrected chi connectivity index (χ1v) is 14.8. The summed E-state index contributed by atoms with van der Waals surface area (Å²) in [6.45, 7) is 5.01. The summed E-state index contributed by atoms with van der Waals surface area (Å²) in [5, 5.41) is 0. The molecule has 4 rings (SSSR count). The lowest BCUT2D eigenvalue weighted by atomic mass is 9.77. The molecule has 2 aromatic rings. The molecule has 0 spiro atoms. The van der Waals surface area contributed by atoms with Gasteiger partial charge >= 0.3 is 5.97 Å². The predicted octanol–water partition coefficient (Wildman–Crippen LogP) is 8.75. The number of hydrogen-bond donors (Lipinski definition) is 0. The molecule has 4 nitrogen and oxygen atoms in total. The van der Waals surface area contributed by atoms with Gasteiger partial charge in [-0.2, -0.15) is 8.78 Å². The number of hydrogen-bond acceptors (Lipinski definition) is 4. The molecule has 2 aliphatic rings. The van der Waals surface area contributed by atoms with Crippen molar-refractivity contribution in [2.75, 3.05) is 13.2 Å². The molecule has 0 saturated heterocycles. The molecule has 2 aliphatic carbocycles. The molecule has 0 N–H and O–H groups in total. The molecule has 0 bridgehead atoms. The standard InChI is InChI=1S/C32H40F4O4/c1-3-5-19-39-26-16-17-27(31(36)30(26)35)40-32(37)22-8-6-20(7-9-22)24-14-15-25(29(34)28(24)33)21-10-12-23(13-11-21)38-18-4-2/h14-17,20-23H,3-13,18-19H2,1-2H3. The molecule has 2 fully saturated rings. The second-order valence-electron chi connectivity index (χ2n) is 11.1. The van der Waals surface area contributed by atoms with Crippen molar-refractivity contribution in [3.63, 3.8) is 0 Å². The molecule has 40 heavy (non-hydrogen) atoms. The van der Waals surface area contributed by atoms with Crippen LogP contribution in [0.25, 0.3) is 0 Å². The Labute approximate surface area is 234 Å². The average molecular weight is 565 g/mol. The van der Waals surface area contributed by atoms with E-state index >= 15 is 8.78 Å². The number of ether oxygens (including phenoxy) is 3. The minimum absolute atomic E-state index is 0.0160. The van der Waals surface area contributed by atoms with Crippen molar-refractivity contribution in [3.8, 4) is 11.5 Å². The number of carbonyl (C=O) groups excluding carboxylic acids is 1. The van der Waals surface area contributed by atoms with Crippen LogP contribution in [0.3, 0.4) is 0 Å². The minimum atomic E-state index is -1.27. The van der Waals surface area contributed by atoms with Crippen molar-refractivity contribution in [3.05, 3.63) is 58.7 Å². The number of rotatable bonds is 11. The summed E-state index contributed by atoms with van der Waals surface area (Å²) in [6.07, 6.45) is 7.67. The molecule has 0 aromatic heterocycles. The number of halogens is 4. The van der Waals surface area contributed by atoms with Crippen LogP contribution >= 0.6 is 0 Å². The molecule has 8 heteroatoms. The molecule has 2 aromatic carbocycles. The average Bonchev–Trinajstić information content (AvgIpc) is 2.97. The molecule has 0 atom stereocenters. The zero-order valence-electron chi connectivity index (χ0n) is 23.5. The van der Waals surface area contributed by atoms with Crippen LogP contribution in [-0.4, -0.2) is 25.3 Å².